The molecular formula is C24H34IN5O2. The summed E-state index contributed by atoms with van der Waals surface area (Å²) in [6.45, 7) is 3.76. The van der Waals surface area contributed by atoms with E-state index in [1.165, 1.54) is 5.56 Å². The summed E-state index contributed by atoms with van der Waals surface area (Å²) in [4.78, 5) is 18.9. The lowest BCUT2D eigenvalue weighted by molar-refractivity contribution is -0.120. The van der Waals surface area contributed by atoms with Crippen LogP contribution in [0.2, 0.25) is 0 Å². The van der Waals surface area contributed by atoms with Gasteiger partial charge < -0.3 is 20.7 Å². The summed E-state index contributed by atoms with van der Waals surface area (Å²) in [5, 5.41) is 9.48. The van der Waals surface area contributed by atoms with Crippen molar-refractivity contribution in [2.24, 2.45) is 4.99 Å². The average molecular weight is 551 g/mol. The lowest BCUT2D eigenvalue weighted by atomic mass is 10.0. The van der Waals surface area contributed by atoms with Gasteiger partial charge in [0.1, 0.15) is 5.75 Å². The van der Waals surface area contributed by atoms with Crippen LogP contribution in [0.1, 0.15) is 24.0 Å². The minimum Gasteiger partial charge on any atom is -0.497 e. The molecule has 1 fully saturated rings. The number of hydrogen-bond acceptors (Lipinski definition) is 4. The molecule has 3 N–H and O–H groups in total. The number of likely N-dealkylation sites (tertiary alicyclic amines) is 1. The number of ether oxygens (including phenoxy) is 1. The highest BCUT2D eigenvalue weighted by Gasteiger charge is 2.20. The Balaban J connectivity index is 0.00000363. The molecule has 1 saturated heterocycles. The maximum absolute atomic E-state index is 12.2. The van der Waals surface area contributed by atoms with Gasteiger partial charge in [-0.3, -0.25) is 14.7 Å². The summed E-state index contributed by atoms with van der Waals surface area (Å²) in [6, 6.07) is 18.6. The molecule has 1 amide bonds. The second-order valence-corrected chi connectivity index (χ2v) is 7.73. The van der Waals surface area contributed by atoms with Crippen molar-refractivity contribution in [1.82, 2.24) is 20.9 Å². The molecule has 2 aromatic rings. The smallest absolute Gasteiger partial charge is 0.239 e. The molecule has 1 heterocycles. The maximum Gasteiger partial charge on any atom is 0.239 e. The molecule has 1 aliphatic rings. The predicted molar refractivity (Wildman–Crippen MR) is 139 cm³/mol. The second kappa shape index (κ2) is 13.9. The first-order valence-corrected chi connectivity index (χ1v) is 10.8. The quantitative estimate of drug-likeness (QED) is 0.267. The summed E-state index contributed by atoms with van der Waals surface area (Å²) < 4.78 is 5.15. The van der Waals surface area contributed by atoms with Crippen LogP contribution in [0.4, 0.5) is 0 Å². The molecule has 0 spiro atoms. The van der Waals surface area contributed by atoms with Gasteiger partial charge in [0.25, 0.3) is 0 Å². The number of benzene rings is 2. The number of amides is 1. The maximum atomic E-state index is 12.2. The number of hydrogen-bond donors (Lipinski definition) is 3. The van der Waals surface area contributed by atoms with E-state index in [2.05, 4.69) is 56.2 Å². The first-order chi connectivity index (χ1) is 15.2. The molecule has 0 bridgehead atoms. The van der Waals surface area contributed by atoms with Gasteiger partial charge in [0, 0.05) is 39.3 Å². The highest BCUT2D eigenvalue weighted by Crippen LogP contribution is 2.14. The summed E-state index contributed by atoms with van der Waals surface area (Å²) >= 11 is 0. The second-order valence-electron chi connectivity index (χ2n) is 7.73. The molecule has 8 heteroatoms. The summed E-state index contributed by atoms with van der Waals surface area (Å²) in [7, 11) is 3.37. The fourth-order valence-electron chi connectivity index (χ4n) is 3.64. The van der Waals surface area contributed by atoms with Crippen molar-refractivity contribution < 1.29 is 9.53 Å². The highest BCUT2D eigenvalue weighted by atomic mass is 127. The normalized spacial score (nSPS) is 14.9. The van der Waals surface area contributed by atoms with Gasteiger partial charge in [-0.15, -0.1) is 24.0 Å². The fourth-order valence-corrected chi connectivity index (χ4v) is 3.64. The van der Waals surface area contributed by atoms with Crippen molar-refractivity contribution in [3.05, 3.63) is 65.7 Å². The Labute approximate surface area is 208 Å². The molecule has 0 radical (unpaired) electrons. The Morgan fingerprint density at radius 2 is 1.72 bits per heavy atom. The molecule has 2 aromatic carbocycles. The van der Waals surface area contributed by atoms with E-state index < -0.39 is 0 Å². The van der Waals surface area contributed by atoms with Crippen molar-refractivity contribution in [2.75, 3.05) is 33.8 Å². The van der Waals surface area contributed by atoms with Crippen LogP contribution in [0.3, 0.4) is 0 Å². The van der Waals surface area contributed by atoms with E-state index >= 15 is 0 Å². The lowest BCUT2D eigenvalue weighted by Gasteiger charge is -2.33. The van der Waals surface area contributed by atoms with E-state index in [1.807, 2.05) is 24.3 Å². The number of guanidine groups is 1. The highest BCUT2D eigenvalue weighted by molar-refractivity contribution is 14.0. The average Bonchev–Trinajstić information content (AvgIpc) is 2.82. The van der Waals surface area contributed by atoms with Crippen molar-refractivity contribution >= 4 is 35.8 Å². The standard InChI is InChI=1S/C24H33N5O2.HI/c1-25-24(27-17-23(30)26-16-19-8-10-22(31-2)11-9-19)28-21-12-14-29(15-13-21)18-20-6-4-3-5-7-20;/h3-11,21H,12-18H2,1-2H3,(H,26,30)(H2,25,27,28);1H. The number of carbonyl (C=O) groups excluding carboxylic acids is 1. The third-order valence-corrected chi connectivity index (χ3v) is 5.47. The Bertz CT molecular complexity index is 837. The van der Waals surface area contributed by atoms with Crippen molar-refractivity contribution in [3.63, 3.8) is 0 Å². The van der Waals surface area contributed by atoms with E-state index in [4.69, 9.17) is 4.74 Å². The zero-order chi connectivity index (χ0) is 21.9. The van der Waals surface area contributed by atoms with Crippen LogP contribution in [0.15, 0.2) is 59.6 Å². The number of nitrogens with zero attached hydrogens (tertiary/aromatic N) is 2. The number of aliphatic imine (C=N–C) groups is 1. The van der Waals surface area contributed by atoms with Crippen molar-refractivity contribution in [3.8, 4) is 5.75 Å². The summed E-state index contributed by atoms with van der Waals surface area (Å²) in [6.07, 6.45) is 2.11. The topological polar surface area (TPSA) is 78.0 Å². The zero-order valence-electron chi connectivity index (χ0n) is 18.8. The molecule has 1 aliphatic heterocycles. The fraction of sp³-hybridized carbons (Fsp3) is 0.417. The van der Waals surface area contributed by atoms with E-state index in [0.717, 1.165) is 43.8 Å². The van der Waals surface area contributed by atoms with Crippen LogP contribution in [0, 0.1) is 0 Å². The van der Waals surface area contributed by atoms with Gasteiger partial charge in [-0.25, -0.2) is 0 Å². The molecule has 32 heavy (non-hydrogen) atoms. The minimum absolute atomic E-state index is 0. The van der Waals surface area contributed by atoms with Crippen molar-refractivity contribution in [2.45, 2.75) is 32.0 Å². The molecule has 0 unspecified atom stereocenters. The van der Waals surface area contributed by atoms with Gasteiger partial charge in [-0.1, -0.05) is 42.5 Å². The number of piperidine rings is 1. The largest absolute Gasteiger partial charge is 0.497 e. The first-order valence-electron chi connectivity index (χ1n) is 10.8. The van der Waals surface area contributed by atoms with Crippen LogP contribution < -0.4 is 20.7 Å². The molecule has 0 saturated carbocycles. The third kappa shape index (κ3) is 8.66. The van der Waals surface area contributed by atoms with Crippen LogP contribution in [-0.4, -0.2) is 56.6 Å². The molecule has 0 atom stereocenters. The zero-order valence-corrected chi connectivity index (χ0v) is 21.2. The summed E-state index contributed by atoms with van der Waals surface area (Å²) in [5.41, 5.74) is 2.38. The van der Waals surface area contributed by atoms with Crippen LogP contribution in [0.25, 0.3) is 0 Å². The molecule has 3 rings (SSSR count). The van der Waals surface area contributed by atoms with Gasteiger partial charge in [0.2, 0.25) is 5.91 Å². The Morgan fingerprint density at radius 1 is 1.03 bits per heavy atom. The SMILES string of the molecule is CN=C(NCC(=O)NCc1ccc(OC)cc1)NC1CCN(Cc2ccccc2)CC1.I. The van der Waals surface area contributed by atoms with Gasteiger partial charge in [-0.2, -0.15) is 0 Å². The number of nitrogens with one attached hydrogen (secondary N) is 3. The van der Waals surface area contributed by atoms with Crippen molar-refractivity contribution in [1.29, 1.82) is 0 Å². The van der Waals surface area contributed by atoms with E-state index in [0.29, 0.717) is 18.5 Å². The Hall–Kier alpha value is -2.33. The van der Waals surface area contributed by atoms with Gasteiger partial charge in [-0.05, 0) is 36.1 Å². The van der Waals surface area contributed by atoms with Gasteiger partial charge in [0.15, 0.2) is 5.96 Å². The van der Waals surface area contributed by atoms with E-state index in [9.17, 15) is 4.79 Å². The number of rotatable bonds is 8. The van der Waals surface area contributed by atoms with E-state index in [1.54, 1.807) is 14.2 Å². The molecular weight excluding hydrogens is 517 g/mol. The first kappa shape index (κ1) is 25.9. The van der Waals surface area contributed by atoms with Gasteiger partial charge >= 0.3 is 0 Å². The number of carbonyl (C=O) groups is 1. The number of halogens is 1. The predicted octanol–water partition coefficient (Wildman–Crippen LogP) is 2.76. The monoisotopic (exact) mass is 551 g/mol. The minimum atomic E-state index is -0.0727. The van der Waals surface area contributed by atoms with Crippen LogP contribution >= 0.6 is 24.0 Å². The Kier molecular flexibility index (Phi) is 11.3. The van der Waals surface area contributed by atoms with E-state index in [-0.39, 0.29) is 36.4 Å². The van der Waals surface area contributed by atoms with Gasteiger partial charge in [0.05, 0.1) is 13.7 Å². The Morgan fingerprint density at radius 3 is 2.34 bits per heavy atom. The molecule has 7 nitrogen and oxygen atoms in total. The summed E-state index contributed by atoms with van der Waals surface area (Å²) in [5.74, 6) is 1.40. The van der Waals surface area contributed by atoms with Crippen LogP contribution in [-0.2, 0) is 17.9 Å². The third-order valence-electron chi connectivity index (χ3n) is 5.47. The number of methoxy groups -OCH3 is 1. The molecule has 174 valence electrons. The molecule has 0 aromatic heterocycles. The van der Waals surface area contributed by atoms with Crippen LogP contribution in [0.5, 0.6) is 5.75 Å². The molecule has 0 aliphatic carbocycles. The lowest BCUT2D eigenvalue weighted by Crippen LogP contribution is -2.50.